The molecule has 2 bridgehead atoms. The topological polar surface area (TPSA) is 104 Å². The van der Waals surface area contributed by atoms with Crippen molar-refractivity contribution in [2.75, 3.05) is 20.1 Å². The minimum atomic E-state index is -0.700. The SMILES string of the molecule is CC(C)n1c(=O)c(C(=O)N[C@H]2C[C@H]3CC[C@@H](C2)N3C[C@@H](O)CN(C)C(=O)OC(C)(C)C)cc2ccccc21. The van der Waals surface area contributed by atoms with Crippen molar-refractivity contribution in [2.24, 2.45) is 0 Å². The number of aromatic nitrogens is 1. The van der Waals surface area contributed by atoms with E-state index in [4.69, 9.17) is 4.74 Å². The van der Waals surface area contributed by atoms with Gasteiger partial charge in [-0.3, -0.25) is 14.5 Å². The summed E-state index contributed by atoms with van der Waals surface area (Å²) in [4.78, 5) is 42.6. The van der Waals surface area contributed by atoms with Crippen molar-refractivity contribution >= 4 is 22.9 Å². The summed E-state index contributed by atoms with van der Waals surface area (Å²) in [5.41, 5.74) is 0.143. The molecule has 9 nitrogen and oxygen atoms in total. The van der Waals surface area contributed by atoms with Crippen LogP contribution in [0.3, 0.4) is 0 Å². The highest BCUT2D eigenvalue weighted by molar-refractivity contribution is 5.97. The van der Waals surface area contributed by atoms with Crippen LogP contribution in [0.25, 0.3) is 10.9 Å². The molecule has 0 radical (unpaired) electrons. The van der Waals surface area contributed by atoms with E-state index in [1.54, 1.807) is 17.7 Å². The van der Waals surface area contributed by atoms with Gasteiger partial charge in [-0.25, -0.2) is 4.79 Å². The molecule has 4 atom stereocenters. The zero-order chi connectivity index (χ0) is 27.8. The summed E-state index contributed by atoms with van der Waals surface area (Å²) in [7, 11) is 1.63. The predicted molar refractivity (Wildman–Crippen MR) is 147 cm³/mol. The molecular formula is C29H42N4O5. The van der Waals surface area contributed by atoms with E-state index in [1.807, 2.05) is 58.9 Å². The van der Waals surface area contributed by atoms with Crippen LogP contribution in [0.5, 0.6) is 0 Å². The zero-order valence-corrected chi connectivity index (χ0v) is 23.4. The van der Waals surface area contributed by atoms with Gasteiger partial charge in [-0.15, -0.1) is 0 Å². The minimum absolute atomic E-state index is 0.0313. The first-order valence-electron chi connectivity index (χ1n) is 13.7. The fourth-order valence-corrected chi connectivity index (χ4v) is 5.95. The van der Waals surface area contributed by atoms with Gasteiger partial charge in [0.25, 0.3) is 11.5 Å². The van der Waals surface area contributed by atoms with Gasteiger partial charge in [0.15, 0.2) is 0 Å². The Hall–Kier alpha value is -2.91. The lowest BCUT2D eigenvalue weighted by molar-refractivity contribution is 0.00914. The van der Waals surface area contributed by atoms with E-state index in [-0.39, 0.29) is 47.7 Å². The van der Waals surface area contributed by atoms with E-state index in [0.717, 1.165) is 36.6 Å². The van der Waals surface area contributed by atoms with Crippen molar-refractivity contribution in [3.8, 4) is 0 Å². The molecule has 2 saturated heterocycles. The highest BCUT2D eigenvalue weighted by Crippen LogP contribution is 2.36. The van der Waals surface area contributed by atoms with Crippen molar-refractivity contribution in [3.05, 3.63) is 46.2 Å². The van der Waals surface area contributed by atoms with Gasteiger partial charge in [-0.2, -0.15) is 0 Å². The third-order valence-corrected chi connectivity index (χ3v) is 7.54. The van der Waals surface area contributed by atoms with Gasteiger partial charge < -0.3 is 24.6 Å². The van der Waals surface area contributed by atoms with Crippen molar-refractivity contribution < 1.29 is 19.4 Å². The Labute approximate surface area is 224 Å². The number of benzene rings is 1. The summed E-state index contributed by atoms with van der Waals surface area (Å²) in [5.74, 6) is -0.327. The number of likely N-dealkylation sites (N-methyl/N-ethyl adjacent to an activating group) is 1. The maximum Gasteiger partial charge on any atom is 0.410 e. The second-order valence-corrected chi connectivity index (χ2v) is 12.1. The third-order valence-electron chi connectivity index (χ3n) is 7.54. The van der Waals surface area contributed by atoms with E-state index in [2.05, 4.69) is 10.2 Å². The van der Waals surface area contributed by atoms with Gasteiger partial charge in [-0.05, 0) is 77.8 Å². The number of para-hydroxylation sites is 1. The number of amides is 2. The summed E-state index contributed by atoms with van der Waals surface area (Å²) in [5, 5.41) is 14.7. The number of nitrogens with one attached hydrogen (secondary N) is 1. The van der Waals surface area contributed by atoms with Crippen molar-refractivity contribution in [2.45, 2.75) is 96.2 Å². The molecule has 0 saturated carbocycles. The molecule has 1 aromatic heterocycles. The van der Waals surface area contributed by atoms with Gasteiger partial charge >= 0.3 is 6.09 Å². The number of aliphatic hydroxyl groups excluding tert-OH is 1. The van der Waals surface area contributed by atoms with Crippen LogP contribution in [-0.4, -0.2) is 81.4 Å². The number of rotatable bonds is 7. The van der Waals surface area contributed by atoms with E-state index >= 15 is 0 Å². The summed E-state index contributed by atoms with van der Waals surface area (Å²) >= 11 is 0. The molecule has 0 spiro atoms. The molecule has 9 heteroatoms. The van der Waals surface area contributed by atoms with Crippen LogP contribution in [0.4, 0.5) is 4.79 Å². The summed E-state index contributed by atoms with van der Waals surface area (Å²) < 4.78 is 7.07. The van der Waals surface area contributed by atoms with E-state index in [0.29, 0.717) is 6.54 Å². The van der Waals surface area contributed by atoms with Gasteiger partial charge in [0.2, 0.25) is 0 Å². The lowest BCUT2D eigenvalue weighted by Gasteiger charge is -2.40. The number of pyridine rings is 1. The Balaban J connectivity index is 1.38. The maximum absolute atomic E-state index is 13.3. The number of hydrogen-bond donors (Lipinski definition) is 2. The van der Waals surface area contributed by atoms with Gasteiger partial charge in [-0.1, -0.05) is 18.2 Å². The Morgan fingerprint density at radius 3 is 2.39 bits per heavy atom. The van der Waals surface area contributed by atoms with Crippen molar-refractivity contribution in [3.63, 3.8) is 0 Å². The highest BCUT2D eigenvalue weighted by Gasteiger charge is 2.42. The first kappa shape index (κ1) is 28.1. The minimum Gasteiger partial charge on any atom is -0.444 e. The molecule has 208 valence electrons. The largest absolute Gasteiger partial charge is 0.444 e. The number of aliphatic hydroxyl groups is 1. The number of nitrogens with zero attached hydrogens (tertiary/aromatic N) is 3. The Morgan fingerprint density at radius 1 is 1.16 bits per heavy atom. The smallest absolute Gasteiger partial charge is 0.410 e. The van der Waals surface area contributed by atoms with E-state index in [1.165, 1.54) is 4.90 Å². The van der Waals surface area contributed by atoms with Crippen LogP contribution in [-0.2, 0) is 4.74 Å². The van der Waals surface area contributed by atoms with Crippen LogP contribution >= 0.6 is 0 Å². The van der Waals surface area contributed by atoms with Gasteiger partial charge in [0, 0.05) is 37.8 Å². The molecule has 2 amide bonds. The third kappa shape index (κ3) is 6.21. The van der Waals surface area contributed by atoms with Gasteiger partial charge in [0.05, 0.1) is 18.2 Å². The van der Waals surface area contributed by atoms with Crippen LogP contribution in [0.15, 0.2) is 35.1 Å². The predicted octanol–water partition coefficient (Wildman–Crippen LogP) is 3.54. The first-order valence-corrected chi connectivity index (χ1v) is 13.7. The van der Waals surface area contributed by atoms with Crippen LogP contribution in [0.2, 0.25) is 0 Å². The molecule has 2 aliphatic heterocycles. The molecule has 0 aliphatic carbocycles. The number of carbonyl (C=O) groups excluding carboxylic acids is 2. The summed E-state index contributed by atoms with van der Waals surface area (Å²) in [6.07, 6.45) is 2.38. The number of fused-ring (bicyclic) bond motifs is 3. The quantitative estimate of drug-likeness (QED) is 0.572. The monoisotopic (exact) mass is 526 g/mol. The zero-order valence-electron chi connectivity index (χ0n) is 23.4. The molecule has 2 aliphatic rings. The second kappa shape index (κ2) is 11.1. The average Bonchev–Trinajstić information content (AvgIpc) is 3.04. The number of carbonyl (C=O) groups is 2. The first-order chi connectivity index (χ1) is 17.8. The van der Waals surface area contributed by atoms with Crippen molar-refractivity contribution in [1.82, 2.24) is 19.7 Å². The summed E-state index contributed by atoms with van der Waals surface area (Å²) in [6, 6.07) is 9.72. The Morgan fingerprint density at radius 2 is 1.79 bits per heavy atom. The van der Waals surface area contributed by atoms with Crippen LogP contribution in [0, 0.1) is 0 Å². The number of ether oxygens (including phenoxy) is 1. The fraction of sp³-hybridized carbons (Fsp3) is 0.621. The molecule has 1 aromatic carbocycles. The van der Waals surface area contributed by atoms with Crippen LogP contribution in [0.1, 0.15) is 76.7 Å². The van der Waals surface area contributed by atoms with E-state index < -0.39 is 17.8 Å². The molecule has 2 aromatic rings. The fourth-order valence-electron chi connectivity index (χ4n) is 5.95. The summed E-state index contributed by atoms with van der Waals surface area (Å²) in [6.45, 7) is 9.99. The average molecular weight is 527 g/mol. The Kier molecular flexibility index (Phi) is 8.18. The van der Waals surface area contributed by atoms with E-state index in [9.17, 15) is 19.5 Å². The number of piperidine rings is 1. The molecule has 4 rings (SSSR count). The molecule has 2 N–H and O–H groups in total. The van der Waals surface area contributed by atoms with Crippen molar-refractivity contribution in [1.29, 1.82) is 0 Å². The number of hydrogen-bond acceptors (Lipinski definition) is 6. The lowest BCUT2D eigenvalue weighted by atomic mass is 9.96. The highest BCUT2D eigenvalue weighted by atomic mass is 16.6. The Bertz CT molecular complexity index is 1220. The van der Waals surface area contributed by atoms with Crippen LogP contribution < -0.4 is 10.9 Å². The molecule has 3 heterocycles. The lowest BCUT2D eigenvalue weighted by Crippen LogP contribution is -2.53. The second-order valence-electron chi connectivity index (χ2n) is 12.1. The van der Waals surface area contributed by atoms with Gasteiger partial charge in [0.1, 0.15) is 11.2 Å². The molecule has 0 unspecified atom stereocenters. The maximum atomic E-state index is 13.3. The molecular weight excluding hydrogens is 484 g/mol. The standard InChI is InChI=1S/C29H42N4O5/c1-18(2)33-25-10-8-7-9-19(25)13-24(27(33)36)26(35)30-20-14-21-11-12-22(15-20)32(21)17-23(34)16-31(6)28(37)38-29(3,4)5/h7-10,13,18,20-23,34H,11-12,14-17H2,1-6H3,(H,30,35)/t20-,21+,22-,23-/m0/s1. The molecule has 2 fully saturated rings. The normalized spacial score (nSPS) is 22.5. The molecule has 38 heavy (non-hydrogen) atoms.